The summed E-state index contributed by atoms with van der Waals surface area (Å²) in [5.74, 6) is 0.144. The number of nitrogens with zero attached hydrogens (tertiary/aromatic N) is 2. The van der Waals surface area contributed by atoms with E-state index >= 15 is 0 Å². The highest BCUT2D eigenvalue weighted by Crippen LogP contribution is 2.01. The fraction of sp³-hybridized carbons (Fsp3) is 0.500. The molecule has 0 unspecified atom stereocenters. The van der Waals surface area contributed by atoms with Crippen molar-refractivity contribution in [3.63, 3.8) is 0 Å². The number of nitrogens with one attached hydrogen (secondary N) is 1. The van der Waals surface area contributed by atoms with E-state index in [1.54, 1.807) is 25.2 Å². The first-order valence-corrected chi connectivity index (χ1v) is 5.42. The minimum Gasteiger partial charge on any atom is -0.349 e. The first kappa shape index (κ1) is 12.6. The van der Waals surface area contributed by atoms with Crippen molar-refractivity contribution >= 4 is 5.91 Å². The number of aromatic nitrogens is 1. The zero-order valence-electron chi connectivity index (χ0n) is 10.2. The molecular weight excluding hydrogens is 202 g/mol. The highest BCUT2D eigenvalue weighted by atomic mass is 16.2. The average Bonchev–Trinajstić information content (AvgIpc) is 2.26. The average molecular weight is 221 g/mol. The molecule has 1 aromatic heterocycles. The summed E-state index contributed by atoms with van der Waals surface area (Å²) in [6.45, 7) is 3.44. The summed E-state index contributed by atoms with van der Waals surface area (Å²) in [4.78, 5) is 17.2. The second-order valence-corrected chi connectivity index (χ2v) is 3.98. The molecule has 1 amide bonds. The number of amides is 1. The summed E-state index contributed by atoms with van der Waals surface area (Å²) in [5.41, 5.74) is 2.22. The van der Waals surface area contributed by atoms with Gasteiger partial charge in [-0.15, -0.1) is 0 Å². The molecule has 0 fully saturated rings. The van der Waals surface area contributed by atoms with Crippen LogP contribution in [-0.2, 0) is 11.3 Å². The van der Waals surface area contributed by atoms with Crippen molar-refractivity contribution in [2.75, 3.05) is 20.6 Å². The van der Waals surface area contributed by atoms with Crippen molar-refractivity contribution in [1.82, 2.24) is 15.2 Å². The smallest absolute Gasteiger partial charge is 0.223 e. The molecule has 0 radical (unpaired) electrons. The molecule has 0 bridgehead atoms. The van der Waals surface area contributed by atoms with Crippen molar-refractivity contribution in [2.24, 2.45) is 0 Å². The summed E-state index contributed by atoms with van der Waals surface area (Å²) in [6.07, 6.45) is 2.31. The van der Waals surface area contributed by atoms with Crippen molar-refractivity contribution in [2.45, 2.75) is 19.9 Å². The summed E-state index contributed by atoms with van der Waals surface area (Å²) < 4.78 is 0. The predicted molar refractivity (Wildman–Crippen MR) is 64.0 cm³/mol. The predicted octanol–water partition coefficient (Wildman–Crippen LogP) is 0.958. The van der Waals surface area contributed by atoms with Crippen molar-refractivity contribution in [3.05, 3.63) is 29.6 Å². The maximum absolute atomic E-state index is 11.3. The molecule has 88 valence electrons. The van der Waals surface area contributed by atoms with Crippen LogP contribution in [0, 0.1) is 6.92 Å². The topological polar surface area (TPSA) is 45.2 Å². The van der Waals surface area contributed by atoms with Crippen LogP contribution >= 0.6 is 0 Å². The molecule has 0 spiro atoms. The van der Waals surface area contributed by atoms with E-state index in [1.807, 2.05) is 19.1 Å². The Labute approximate surface area is 96.7 Å². The van der Waals surface area contributed by atoms with Crippen LogP contribution in [0.2, 0.25) is 0 Å². The van der Waals surface area contributed by atoms with Crippen LogP contribution in [0.3, 0.4) is 0 Å². The van der Waals surface area contributed by atoms with Gasteiger partial charge in [0.05, 0.1) is 5.69 Å². The normalized spacial score (nSPS) is 10.2. The summed E-state index contributed by atoms with van der Waals surface area (Å²) >= 11 is 0. The monoisotopic (exact) mass is 221 g/mol. The maximum Gasteiger partial charge on any atom is 0.223 e. The van der Waals surface area contributed by atoms with Gasteiger partial charge in [0.2, 0.25) is 5.91 Å². The van der Waals surface area contributed by atoms with Gasteiger partial charge in [-0.1, -0.05) is 6.07 Å². The molecule has 0 atom stereocenters. The van der Waals surface area contributed by atoms with E-state index in [2.05, 4.69) is 10.3 Å². The quantitative estimate of drug-likeness (QED) is 0.753. The minimum absolute atomic E-state index is 0.144. The molecule has 1 aromatic rings. The Hall–Kier alpha value is -1.42. The van der Waals surface area contributed by atoms with Gasteiger partial charge in [-0.25, -0.2) is 0 Å². The fourth-order valence-corrected chi connectivity index (χ4v) is 1.33. The lowest BCUT2D eigenvalue weighted by molar-refractivity contribution is -0.128. The van der Waals surface area contributed by atoms with Crippen LogP contribution in [0.25, 0.3) is 0 Å². The largest absolute Gasteiger partial charge is 0.349 e. The van der Waals surface area contributed by atoms with E-state index in [-0.39, 0.29) is 5.91 Å². The van der Waals surface area contributed by atoms with Gasteiger partial charge >= 0.3 is 0 Å². The molecule has 1 heterocycles. The number of carbonyl (C=O) groups excluding carboxylic acids is 1. The van der Waals surface area contributed by atoms with E-state index in [9.17, 15) is 4.79 Å². The van der Waals surface area contributed by atoms with E-state index in [4.69, 9.17) is 0 Å². The Bertz CT molecular complexity index is 350. The SMILES string of the molecule is Cc1cccnc1CNCCC(=O)N(C)C. The van der Waals surface area contributed by atoms with Gasteiger partial charge in [-0.2, -0.15) is 0 Å². The van der Waals surface area contributed by atoms with E-state index in [0.29, 0.717) is 19.5 Å². The van der Waals surface area contributed by atoms with Crippen molar-refractivity contribution in [1.29, 1.82) is 0 Å². The van der Waals surface area contributed by atoms with E-state index < -0.39 is 0 Å². The molecule has 0 aromatic carbocycles. The van der Waals surface area contributed by atoms with Crippen LogP contribution < -0.4 is 5.32 Å². The first-order chi connectivity index (χ1) is 7.61. The Balaban J connectivity index is 2.26. The fourth-order valence-electron chi connectivity index (χ4n) is 1.33. The van der Waals surface area contributed by atoms with Gasteiger partial charge in [0.25, 0.3) is 0 Å². The highest BCUT2D eigenvalue weighted by Gasteiger charge is 2.03. The van der Waals surface area contributed by atoms with Crippen LogP contribution in [0.4, 0.5) is 0 Å². The highest BCUT2D eigenvalue weighted by molar-refractivity contribution is 5.75. The van der Waals surface area contributed by atoms with Crippen molar-refractivity contribution in [3.8, 4) is 0 Å². The lowest BCUT2D eigenvalue weighted by atomic mass is 10.2. The number of carbonyl (C=O) groups is 1. The van der Waals surface area contributed by atoms with Gasteiger partial charge < -0.3 is 10.2 Å². The molecule has 0 aliphatic rings. The van der Waals surface area contributed by atoms with Gasteiger partial charge in [0, 0.05) is 39.8 Å². The maximum atomic E-state index is 11.3. The molecule has 4 nitrogen and oxygen atoms in total. The van der Waals surface area contributed by atoms with Crippen LogP contribution in [0.15, 0.2) is 18.3 Å². The van der Waals surface area contributed by atoms with Gasteiger partial charge in [-0.3, -0.25) is 9.78 Å². The van der Waals surface area contributed by atoms with Crippen LogP contribution in [-0.4, -0.2) is 36.4 Å². The molecule has 0 aliphatic carbocycles. The summed E-state index contributed by atoms with van der Waals surface area (Å²) in [5, 5.41) is 3.22. The van der Waals surface area contributed by atoms with Crippen LogP contribution in [0.1, 0.15) is 17.7 Å². The Morgan fingerprint density at radius 3 is 2.88 bits per heavy atom. The lowest BCUT2D eigenvalue weighted by Crippen LogP contribution is -2.26. The number of rotatable bonds is 5. The summed E-state index contributed by atoms with van der Waals surface area (Å²) in [7, 11) is 3.54. The summed E-state index contributed by atoms with van der Waals surface area (Å²) in [6, 6.07) is 3.96. The lowest BCUT2D eigenvalue weighted by Gasteiger charge is -2.10. The van der Waals surface area contributed by atoms with Crippen LogP contribution in [0.5, 0.6) is 0 Å². The molecule has 0 saturated carbocycles. The third-order valence-electron chi connectivity index (χ3n) is 2.42. The minimum atomic E-state index is 0.144. The number of hydrogen-bond acceptors (Lipinski definition) is 3. The standard InChI is InChI=1S/C12H19N3O/c1-10-5-4-7-14-11(10)9-13-8-6-12(16)15(2)3/h4-5,7,13H,6,8-9H2,1-3H3. The van der Waals surface area contributed by atoms with Gasteiger partial charge in [0.15, 0.2) is 0 Å². The Kier molecular flexibility index (Phi) is 4.92. The molecule has 1 N–H and O–H groups in total. The molecule has 0 saturated heterocycles. The van der Waals surface area contributed by atoms with Gasteiger partial charge in [-0.05, 0) is 18.6 Å². The molecule has 1 rings (SSSR count). The second-order valence-electron chi connectivity index (χ2n) is 3.98. The molecular formula is C12H19N3O. The number of pyridine rings is 1. The third-order valence-corrected chi connectivity index (χ3v) is 2.42. The van der Waals surface area contributed by atoms with E-state index in [1.165, 1.54) is 5.56 Å². The zero-order chi connectivity index (χ0) is 12.0. The second kappa shape index (κ2) is 6.23. The molecule has 4 heteroatoms. The molecule has 16 heavy (non-hydrogen) atoms. The first-order valence-electron chi connectivity index (χ1n) is 5.42. The zero-order valence-corrected chi connectivity index (χ0v) is 10.2. The van der Waals surface area contributed by atoms with E-state index in [0.717, 1.165) is 5.69 Å². The van der Waals surface area contributed by atoms with Crippen molar-refractivity contribution < 1.29 is 4.79 Å². The Morgan fingerprint density at radius 1 is 1.50 bits per heavy atom. The Morgan fingerprint density at radius 2 is 2.25 bits per heavy atom. The third kappa shape index (κ3) is 3.98. The molecule has 0 aliphatic heterocycles. The number of aryl methyl sites for hydroxylation is 1. The number of hydrogen-bond donors (Lipinski definition) is 1. The van der Waals surface area contributed by atoms with Gasteiger partial charge in [0.1, 0.15) is 0 Å².